The fourth-order valence-electron chi connectivity index (χ4n) is 3.39. The average Bonchev–Trinajstić information content (AvgIpc) is 2.88. The van der Waals surface area contributed by atoms with E-state index in [2.05, 4.69) is 26.8 Å². The molecule has 0 radical (unpaired) electrons. The fourth-order valence-corrected chi connectivity index (χ4v) is 3.91. The first-order valence-electron chi connectivity index (χ1n) is 9.33. The molecule has 1 aromatic heterocycles. The molecule has 1 saturated heterocycles. The summed E-state index contributed by atoms with van der Waals surface area (Å²) in [6.07, 6.45) is 5.91. The highest BCUT2D eigenvalue weighted by atomic mass is 79.9. The Bertz CT molecular complexity index is 935. The molecule has 29 heavy (non-hydrogen) atoms. The van der Waals surface area contributed by atoms with Gasteiger partial charge < -0.3 is 9.47 Å². The Balaban J connectivity index is 1.73. The lowest BCUT2D eigenvalue weighted by Crippen LogP contribution is -2.42. The molecule has 2 amide bonds. The molecule has 2 aromatic rings. The second kappa shape index (κ2) is 9.08. The molecule has 1 aliphatic rings. The minimum absolute atomic E-state index is 0.101. The standard InChI is InChI=1S/C19H22BrN5O4/c1-23-12-14(20)11-17(23)19(27)22-21-18(26)13-6-7-15(16(10-13)25(28)29)24-8-4-2-3-5-9-24/h6-7,10-12H,2-5,8-9H2,1H3,(H,21,26)(H,22,27). The van der Waals surface area contributed by atoms with E-state index in [4.69, 9.17) is 0 Å². The second-order valence-corrected chi connectivity index (χ2v) is 7.84. The van der Waals surface area contributed by atoms with Gasteiger partial charge >= 0.3 is 0 Å². The summed E-state index contributed by atoms with van der Waals surface area (Å²) in [6.45, 7) is 1.52. The van der Waals surface area contributed by atoms with Gasteiger partial charge in [0.25, 0.3) is 17.5 Å². The molecule has 0 aliphatic carbocycles. The van der Waals surface area contributed by atoms with Crippen LogP contribution in [0.4, 0.5) is 11.4 Å². The number of nitro groups is 1. The van der Waals surface area contributed by atoms with Gasteiger partial charge in [-0.2, -0.15) is 0 Å². The number of hydrazine groups is 1. The Kier molecular flexibility index (Phi) is 6.53. The fraction of sp³-hybridized carbons (Fsp3) is 0.368. The van der Waals surface area contributed by atoms with Crippen molar-refractivity contribution in [3.05, 3.63) is 56.3 Å². The van der Waals surface area contributed by atoms with E-state index >= 15 is 0 Å². The van der Waals surface area contributed by atoms with E-state index in [1.54, 1.807) is 29.9 Å². The SMILES string of the molecule is Cn1cc(Br)cc1C(=O)NNC(=O)c1ccc(N2CCCCCC2)c([N+](=O)[O-])c1. The number of hydrogen-bond donors (Lipinski definition) is 2. The van der Waals surface area contributed by atoms with Crippen molar-refractivity contribution in [2.24, 2.45) is 7.05 Å². The lowest BCUT2D eigenvalue weighted by Gasteiger charge is -2.22. The third kappa shape index (κ3) is 4.94. The van der Waals surface area contributed by atoms with Crippen LogP contribution in [0.3, 0.4) is 0 Å². The first kappa shape index (κ1) is 20.8. The van der Waals surface area contributed by atoms with E-state index in [0.717, 1.165) is 43.2 Å². The molecule has 0 unspecified atom stereocenters. The van der Waals surface area contributed by atoms with Crippen molar-refractivity contribution in [2.45, 2.75) is 25.7 Å². The van der Waals surface area contributed by atoms with Crippen molar-refractivity contribution >= 4 is 39.1 Å². The van der Waals surface area contributed by atoms with Crippen molar-refractivity contribution < 1.29 is 14.5 Å². The van der Waals surface area contributed by atoms with Crippen LogP contribution >= 0.6 is 15.9 Å². The predicted octanol–water partition coefficient (Wildman–Crippen LogP) is 3.15. The zero-order chi connectivity index (χ0) is 21.0. The normalized spacial score (nSPS) is 14.2. The molecule has 0 atom stereocenters. The molecule has 154 valence electrons. The van der Waals surface area contributed by atoms with Gasteiger partial charge in [0.2, 0.25) is 0 Å². The van der Waals surface area contributed by atoms with Crippen LogP contribution < -0.4 is 15.8 Å². The molecule has 10 heteroatoms. The van der Waals surface area contributed by atoms with E-state index in [1.165, 1.54) is 12.1 Å². The Labute approximate surface area is 176 Å². The summed E-state index contributed by atoms with van der Waals surface area (Å²) in [4.78, 5) is 37.7. The lowest BCUT2D eigenvalue weighted by molar-refractivity contribution is -0.384. The van der Waals surface area contributed by atoms with Crippen LogP contribution in [0.5, 0.6) is 0 Å². The van der Waals surface area contributed by atoms with Crippen molar-refractivity contribution in [3.63, 3.8) is 0 Å². The van der Waals surface area contributed by atoms with Gasteiger partial charge in [0, 0.05) is 42.4 Å². The van der Waals surface area contributed by atoms with Crippen LogP contribution in [0.25, 0.3) is 0 Å². The summed E-state index contributed by atoms with van der Waals surface area (Å²) >= 11 is 3.28. The van der Waals surface area contributed by atoms with Gasteiger partial charge in [0.05, 0.1) is 4.92 Å². The number of carbonyl (C=O) groups excluding carboxylic acids is 2. The van der Waals surface area contributed by atoms with Gasteiger partial charge in [-0.1, -0.05) is 12.8 Å². The molecule has 1 aromatic carbocycles. The number of hydrogen-bond acceptors (Lipinski definition) is 5. The highest BCUT2D eigenvalue weighted by Gasteiger charge is 2.23. The average molecular weight is 464 g/mol. The summed E-state index contributed by atoms with van der Waals surface area (Å²) < 4.78 is 2.34. The number of nitro benzene ring substituents is 1. The van der Waals surface area contributed by atoms with Crippen molar-refractivity contribution in [3.8, 4) is 0 Å². The van der Waals surface area contributed by atoms with Gasteiger partial charge in [0.1, 0.15) is 11.4 Å². The number of benzene rings is 1. The Morgan fingerprint density at radius 1 is 1.07 bits per heavy atom. The zero-order valence-electron chi connectivity index (χ0n) is 16.0. The van der Waals surface area contributed by atoms with Crippen molar-refractivity contribution in [1.29, 1.82) is 0 Å². The van der Waals surface area contributed by atoms with Crippen molar-refractivity contribution in [1.82, 2.24) is 15.4 Å². The molecular weight excluding hydrogens is 442 g/mol. The first-order chi connectivity index (χ1) is 13.9. The molecule has 1 fully saturated rings. The quantitative estimate of drug-likeness (QED) is 0.534. The maximum Gasteiger partial charge on any atom is 0.293 e. The molecule has 9 nitrogen and oxygen atoms in total. The largest absolute Gasteiger partial charge is 0.366 e. The van der Waals surface area contributed by atoms with E-state index in [9.17, 15) is 19.7 Å². The van der Waals surface area contributed by atoms with Gasteiger partial charge in [0.15, 0.2) is 0 Å². The van der Waals surface area contributed by atoms with E-state index in [0.29, 0.717) is 11.4 Å². The highest BCUT2D eigenvalue weighted by Crippen LogP contribution is 2.31. The number of nitrogens with one attached hydrogen (secondary N) is 2. The zero-order valence-corrected chi connectivity index (χ0v) is 17.6. The molecule has 3 rings (SSSR count). The maximum absolute atomic E-state index is 12.4. The lowest BCUT2D eigenvalue weighted by atomic mass is 10.1. The summed E-state index contributed by atoms with van der Waals surface area (Å²) in [5.74, 6) is -1.13. The highest BCUT2D eigenvalue weighted by molar-refractivity contribution is 9.10. The molecule has 2 heterocycles. The number of aryl methyl sites for hydroxylation is 1. The first-order valence-corrected chi connectivity index (χ1v) is 10.1. The number of carbonyl (C=O) groups is 2. The van der Waals surface area contributed by atoms with Gasteiger partial charge in [-0.3, -0.25) is 30.6 Å². The van der Waals surface area contributed by atoms with Crippen LogP contribution in [0.2, 0.25) is 0 Å². The van der Waals surface area contributed by atoms with E-state index in [-0.39, 0.29) is 11.3 Å². The monoisotopic (exact) mass is 463 g/mol. The molecule has 2 N–H and O–H groups in total. The third-order valence-corrected chi connectivity index (χ3v) is 5.31. The number of rotatable bonds is 4. The number of anilines is 1. The number of aromatic nitrogens is 1. The molecular formula is C19H22BrN5O4. The van der Waals surface area contributed by atoms with Crippen LogP contribution in [-0.2, 0) is 7.05 Å². The van der Waals surface area contributed by atoms with Crippen LogP contribution in [0.15, 0.2) is 34.9 Å². The predicted molar refractivity (Wildman–Crippen MR) is 112 cm³/mol. The Morgan fingerprint density at radius 2 is 1.72 bits per heavy atom. The van der Waals surface area contributed by atoms with Crippen LogP contribution in [-0.4, -0.2) is 34.4 Å². The summed E-state index contributed by atoms with van der Waals surface area (Å²) in [6, 6.07) is 6.01. The number of amides is 2. The summed E-state index contributed by atoms with van der Waals surface area (Å²) in [5.41, 5.74) is 5.48. The van der Waals surface area contributed by atoms with E-state index < -0.39 is 16.7 Å². The summed E-state index contributed by atoms with van der Waals surface area (Å²) in [5, 5.41) is 11.6. The van der Waals surface area contributed by atoms with Crippen LogP contribution in [0.1, 0.15) is 46.5 Å². The molecule has 0 bridgehead atoms. The minimum atomic E-state index is -0.628. The minimum Gasteiger partial charge on any atom is -0.366 e. The number of nitrogens with zero attached hydrogens (tertiary/aromatic N) is 3. The van der Waals surface area contributed by atoms with Gasteiger partial charge in [-0.05, 0) is 47.0 Å². The smallest absolute Gasteiger partial charge is 0.293 e. The summed E-state index contributed by atoms with van der Waals surface area (Å²) in [7, 11) is 1.70. The Morgan fingerprint density at radius 3 is 2.31 bits per heavy atom. The topological polar surface area (TPSA) is 110 Å². The third-order valence-electron chi connectivity index (χ3n) is 4.87. The van der Waals surface area contributed by atoms with Gasteiger partial charge in [-0.15, -0.1) is 0 Å². The molecule has 0 spiro atoms. The molecule has 1 aliphatic heterocycles. The maximum atomic E-state index is 12.4. The second-order valence-electron chi connectivity index (χ2n) is 6.92. The Hall–Kier alpha value is -2.88. The van der Waals surface area contributed by atoms with E-state index in [1.807, 2.05) is 4.90 Å². The van der Waals surface area contributed by atoms with Crippen LogP contribution in [0, 0.1) is 10.1 Å². The van der Waals surface area contributed by atoms with Crippen molar-refractivity contribution in [2.75, 3.05) is 18.0 Å². The van der Waals surface area contributed by atoms with Gasteiger partial charge in [-0.25, -0.2) is 0 Å². The number of halogens is 1. The molecule has 0 saturated carbocycles.